The summed E-state index contributed by atoms with van der Waals surface area (Å²) in [6, 6.07) is -0.0507. The van der Waals surface area contributed by atoms with Gasteiger partial charge in [0.05, 0.1) is 22.9 Å². The average Bonchev–Trinajstić information content (AvgIpc) is 3.16. The van der Waals surface area contributed by atoms with Crippen molar-refractivity contribution in [1.82, 2.24) is 25.4 Å². The molecule has 1 aliphatic rings. The number of carbonyl (C=O) groups excluding carboxylic acids is 1. The van der Waals surface area contributed by atoms with Gasteiger partial charge in [0.15, 0.2) is 0 Å². The Balaban J connectivity index is 1.48. The first-order valence-corrected chi connectivity index (χ1v) is 9.42. The van der Waals surface area contributed by atoms with Gasteiger partial charge in [0.25, 0.3) is 0 Å². The molecule has 0 aliphatic heterocycles. The second kappa shape index (κ2) is 7.34. The maximum Gasteiger partial charge on any atom is 0.315 e. The third kappa shape index (κ3) is 3.77. The lowest BCUT2D eigenvalue weighted by molar-refractivity contribution is 0.235. The van der Waals surface area contributed by atoms with Crippen molar-refractivity contribution in [2.45, 2.75) is 51.5 Å². The third-order valence-corrected chi connectivity index (χ3v) is 5.61. The van der Waals surface area contributed by atoms with Crippen LogP contribution >= 0.6 is 11.3 Å². The van der Waals surface area contributed by atoms with E-state index >= 15 is 0 Å². The minimum absolute atomic E-state index is 0.0641. The van der Waals surface area contributed by atoms with Crippen molar-refractivity contribution in [2.75, 3.05) is 6.54 Å². The Bertz CT molecular complexity index is 706. The quantitative estimate of drug-likeness (QED) is 0.873. The first-order chi connectivity index (χ1) is 11.5. The topological polar surface area (TPSA) is 71.8 Å². The molecule has 7 heteroatoms. The maximum absolute atomic E-state index is 12.2. The molecule has 0 fully saturated rings. The lowest BCUT2D eigenvalue weighted by atomic mass is 9.93. The van der Waals surface area contributed by atoms with Crippen LogP contribution < -0.4 is 10.6 Å². The van der Waals surface area contributed by atoms with Gasteiger partial charge in [0.2, 0.25) is 0 Å². The second-order valence-corrected chi connectivity index (χ2v) is 7.49. The van der Waals surface area contributed by atoms with Crippen LogP contribution in [-0.4, -0.2) is 27.3 Å². The molecule has 2 aromatic heterocycles. The molecular weight excluding hydrogens is 322 g/mol. The van der Waals surface area contributed by atoms with Crippen LogP contribution in [0.3, 0.4) is 0 Å². The van der Waals surface area contributed by atoms with Gasteiger partial charge in [0.1, 0.15) is 0 Å². The lowest BCUT2D eigenvalue weighted by Crippen LogP contribution is -2.39. The molecule has 0 saturated heterocycles. The molecule has 0 aromatic carbocycles. The highest BCUT2D eigenvalue weighted by atomic mass is 32.1. The van der Waals surface area contributed by atoms with E-state index in [0.717, 1.165) is 41.9 Å². The third-order valence-electron chi connectivity index (χ3n) is 4.41. The molecule has 0 unspecified atom stereocenters. The summed E-state index contributed by atoms with van der Waals surface area (Å²) in [6.07, 6.45) is 5.72. The molecule has 0 saturated carbocycles. The van der Waals surface area contributed by atoms with E-state index in [9.17, 15) is 4.79 Å². The van der Waals surface area contributed by atoms with E-state index in [1.807, 2.05) is 17.9 Å². The van der Waals surface area contributed by atoms with E-state index in [-0.39, 0.29) is 12.1 Å². The van der Waals surface area contributed by atoms with Gasteiger partial charge in [-0.1, -0.05) is 13.8 Å². The Labute approximate surface area is 146 Å². The van der Waals surface area contributed by atoms with Crippen LogP contribution in [0, 0.1) is 0 Å². The number of thiazole rings is 1. The number of nitrogens with zero attached hydrogens (tertiary/aromatic N) is 3. The molecule has 2 heterocycles. The summed E-state index contributed by atoms with van der Waals surface area (Å²) in [5.41, 5.74) is 3.44. The van der Waals surface area contributed by atoms with Gasteiger partial charge >= 0.3 is 6.03 Å². The minimum Gasteiger partial charge on any atom is -0.338 e. The number of urea groups is 1. The largest absolute Gasteiger partial charge is 0.338 e. The molecule has 0 bridgehead atoms. The Morgan fingerprint density at radius 1 is 1.50 bits per heavy atom. The standard InChI is InChI=1S/C17H25N5OS/c1-11(2)16-20-12(10-24-16)7-8-18-17(23)21-14-5-4-6-15-13(14)9-19-22(15)3/h9-11,14H,4-8H2,1-3H3,(H2,18,21,23)/t14-/m1/s1. The highest BCUT2D eigenvalue weighted by Crippen LogP contribution is 2.28. The van der Waals surface area contributed by atoms with Gasteiger partial charge in [-0.2, -0.15) is 5.10 Å². The van der Waals surface area contributed by atoms with Crippen LogP contribution in [0.25, 0.3) is 0 Å². The summed E-state index contributed by atoms with van der Waals surface area (Å²) in [5, 5.41) is 13.6. The van der Waals surface area contributed by atoms with Crippen molar-refractivity contribution in [1.29, 1.82) is 0 Å². The van der Waals surface area contributed by atoms with Gasteiger partial charge < -0.3 is 10.6 Å². The number of aromatic nitrogens is 3. The predicted octanol–water partition coefficient (Wildman–Crippen LogP) is 2.92. The molecule has 1 aliphatic carbocycles. The molecule has 130 valence electrons. The fourth-order valence-electron chi connectivity index (χ4n) is 3.07. The summed E-state index contributed by atoms with van der Waals surface area (Å²) in [6.45, 7) is 4.88. The SMILES string of the molecule is CC(C)c1nc(CCNC(=O)N[C@@H]2CCCc3c2cnn3C)cs1. The van der Waals surface area contributed by atoms with Crippen LogP contribution in [-0.2, 0) is 19.9 Å². The molecule has 0 spiro atoms. The second-order valence-electron chi connectivity index (χ2n) is 6.60. The minimum atomic E-state index is -0.115. The lowest BCUT2D eigenvalue weighted by Gasteiger charge is -2.23. The molecule has 1 atom stereocenters. The Hall–Kier alpha value is -1.89. The molecule has 6 nitrogen and oxygen atoms in total. The average molecular weight is 347 g/mol. The van der Waals surface area contributed by atoms with Crippen molar-refractivity contribution >= 4 is 17.4 Å². The van der Waals surface area contributed by atoms with E-state index in [0.29, 0.717) is 12.5 Å². The van der Waals surface area contributed by atoms with Crippen LogP contribution in [0.4, 0.5) is 4.79 Å². The number of nitrogens with one attached hydrogen (secondary N) is 2. The Morgan fingerprint density at radius 3 is 3.08 bits per heavy atom. The van der Waals surface area contributed by atoms with Gasteiger partial charge in [0, 0.05) is 42.6 Å². The number of amides is 2. The highest BCUT2D eigenvalue weighted by molar-refractivity contribution is 7.09. The van der Waals surface area contributed by atoms with E-state index < -0.39 is 0 Å². The number of rotatable bonds is 5. The van der Waals surface area contributed by atoms with Crippen LogP contribution in [0.2, 0.25) is 0 Å². The van der Waals surface area contributed by atoms with Gasteiger partial charge in [-0.05, 0) is 19.3 Å². The number of hydrogen-bond donors (Lipinski definition) is 2. The first-order valence-electron chi connectivity index (χ1n) is 8.54. The van der Waals surface area contributed by atoms with Crippen LogP contribution in [0.1, 0.15) is 60.6 Å². The Morgan fingerprint density at radius 2 is 2.33 bits per heavy atom. The van der Waals surface area contributed by atoms with E-state index in [4.69, 9.17) is 0 Å². The molecule has 2 N–H and O–H groups in total. The van der Waals surface area contributed by atoms with E-state index in [1.165, 1.54) is 5.69 Å². The number of hydrogen-bond acceptors (Lipinski definition) is 4. The van der Waals surface area contributed by atoms with Gasteiger partial charge in [-0.3, -0.25) is 4.68 Å². The molecule has 2 amide bonds. The molecule has 24 heavy (non-hydrogen) atoms. The molecule has 2 aromatic rings. The fraction of sp³-hybridized carbons (Fsp3) is 0.588. The summed E-state index contributed by atoms with van der Waals surface area (Å²) in [4.78, 5) is 16.8. The van der Waals surface area contributed by atoms with E-state index in [2.05, 4.69) is 39.9 Å². The predicted molar refractivity (Wildman–Crippen MR) is 95.3 cm³/mol. The normalized spacial score (nSPS) is 16.9. The fourth-order valence-corrected chi connectivity index (χ4v) is 3.94. The molecule has 3 rings (SSSR count). The highest BCUT2D eigenvalue weighted by Gasteiger charge is 2.24. The van der Waals surface area contributed by atoms with Gasteiger partial charge in [-0.25, -0.2) is 9.78 Å². The smallest absolute Gasteiger partial charge is 0.315 e. The van der Waals surface area contributed by atoms with Gasteiger partial charge in [-0.15, -0.1) is 11.3 Å². The van der Waals surface area contributed by atoms with Crippen molar-refractivity contribution in [2.24, 2.45) is 7.05 Å². The number of fused-ring (bicyclic) bond motifs is 1. The summed E-state index contributed by atoms with van der Waals surface area (Å²) in [5.74, 6) is 0.458. The zero-order chi connectivity index (χ0) is 17.1. The van der Waals surface area contributed by atoms with Crippen LogP contribution in [0.5, 0.6) is 0 Å². The van der Waals surface area contributed by atoms with E-state index in [1.54, 1.807) is 11.3 Å². The van der Waals surface area contributed by atoms with Crippen molar-refractivity contribution < 1.29 is 4.79 Å². The summed E-state index contributed by atoms with van der Waals surface area (Å²) >= 11 is 1.69. The van der Waals surface area contributed by atoms with Crippen molar-refractivity contribution in [3.05, 3.63) is 33.5 Å². The zero-order valence-corrected chi connectivity index (χ0v) is 15.3. The first kappa shape index (κ1) is 17.0. The summed E-state index contributed by atoms with van der Waals surface area (Å²) in [7, 11) is 1.96. The molecule has 0 radical (unpaired) electrons. The number of aryl methyl sites for hydroxylation is 1. The van der Waals surface area contributed by atoms with Crippen LogP contribution in [0.15, 0.2) is 11.6 Å². The van der Waals surface area contributed by atoms with Crippen molar-refractivity contribution in [3.8, 4) is 0 Å². The maximum atomic E-state index is 12.2. The summed E-state index contributed by atoms with van der Waals surface area (Å²) < 4.78 is 1.91. The Kier molecular flexibility index (Phi) is 5.18. The zero-order valence-electron chi connectivity index (χ0n) is 14.5. The number of carbonyl (C=O) groups is 1. The monoisotopic (exact) mass is 347 g/mol. The molecular formula is C17H25N5OS. The van der Waals surface area contributed by atoms with Crippen molar-refractivity contribution in [3.63, 3.8) is 0 Å².